The predicted octanol–water partition coefficient (Wildman–Crippen LogP) is 2.50. The standard InChI is InChI=1S/C9H13NO.ClH/c10-9(7-3-1-4-7)8-5-2-6-11-8;/h2,5-7,9H,1,3-4,10H2;1H/t9-;/m0./s1. The molecule has 1 aromatic rings. The second-order valence-corrected chi connectivity index (χ2v) is 3.23. The van der Waals surface area contributed by atoms with Crippen molar-refractivity contribution in [2.45, 2.75) is 25.3 Å². The fourth-order valence-corrected chi connectivity index (χ4v) is 1.51. The quantitative estimate of drug-likeness (QED) is 0.773. The molecule has 68 valence electrons. The average Bonchev–Trinajstić information content (AvgIpc) is 2.32. The third-order valence-electron chi connectivity index (χ3n) is 2.53. The maximum Gasteiger partial charge on any atom is 0.120 e. The van der Waals surface area contributed by atoms with Crippen LogP contribution in [0.5, 0.6) is 0 Å². The maximum absolute atomic E-state index is 5.95. The van der Waals surface area contributed by atoms with Crippen LogP contribution in [0.25, 0.3) is 0 Å². The molecule has 1 saturated carbocycles. The lowest BCUT2D eigenvalue weighted by Gasteiger charge is -2.29. The molecule has 0 bridgehead atoms. The molecule has 2 N–H and O–H groups in total. The third-order valence-corrected chi connectivity index (χ3v) is 2.53. The summed E-state index contributed by atoms with van der Waals surface area (Å²) >= 11 is 0. The Morgan fingerprint density at radius 3 is 2.67 bits per heavy atom. The predicted molar refractivity (Wildman–Crippen MR) is 50.2 cm³/mol. The Hall–Kier alpha value is -0.470. The van der Waals surface area contributed by atoms with Crippen LogP contribution < -0.4 is 5.73 Å². The van der Waals surface area contributed by atoms with Gasteiger partial charge in [0, 0.05) is 0 Å². The van der Waals surface area contributed by atoms with E-state index in [1.165, 1.54) is 19.3 Å². The van der Waals surface area contributed by atoms with E-state index >= 15 is 0 Å². The van der Waals surface area contributed by atoms with Crippen molar-refractivity contribution in [1.82, 2.24) is 0 Å². The van der Waals surface area contributed by atoms with Crippen molar-refractivity contribution in [3.63, 3.8) is 0 Å². The normalized spacial score (nSPS) is 19.4. The Balaban J connectivity index is 0.000000720. The molecule has 0 radical (unpaired) electrons. The topological polar surface area (TPSA) is 39.2 Å². The lowest BCUT2D eigenvalue weighted by Crippen LogP contribution is -2.26. The van der Waals surface area contributed by atoms with Gasteiger partial charge in [0.1, 0.15) is 5.76 Å². The van der Waals surface area contributed by atoms with Crippen LogP contribution in [0.1, 0.15) is 31.1 Å². The van der Waals surface area contributed by atoms with E-state index in [0.29, 0.717) is 5.92 Å². The molecule has 1 fully saturated rings. The fourth-order valence-electron chi connectivity index (χ4n) is 1.51. The number of hydrogen-bond acceptors (Lipinski definition) is 2. The SMILES string of the molecule is Cl.N[C@H](c1ccco1)C1CCC1. The van der Waals surface area contributed by atoms with Crippen molar-refractivity contribution in [3.8, 4) is 0 Å². The minimum Gasteiger partial charge on any atom is -0.468 e. The first-order chi connectivity index (χ1) is 5.38. The molecule has 12 heavy (non-hydrogen) atoms. The number of nitrogens with two attached hydrogens (primary N) is 1. The zero-order chi connectivity index (χ0) is 7.68. The van der Waals surface area contributed by atoms with Gasteiger partial charge in [-0.15, -0.1) is 12.4 Å². The maximum atomic E-state index is 5.95. The minimum atomic E-state index is 0. The van der Waals surface area contributed by atoms with Crippen LogP contribution in [0.4, 0.5) is 0 Å². The molecule has 0 spiro atoms. The van der Waals surface area contributed by atoms with E-state index in [-0.39, 0.29) is 18.4 Å². The summed E-state index contributed by atoms with van der Waals surface area (Å²) < 4.78 is 5.23. The second kappa shape index (κ2) is 3.97. The summed E-state index contributed by atoms with van der Waals surface area (Å²) in [6.45, 7) is 0. The summed E-state index contributed by atoms with van der Waals surface area (Å²) in [5.74, 6) is 1.61. The molecule has 2 rings (SSSR count). The van der Waals surface area contributed by atoms with Crippen LogP contribution in [-0.4, -0.2) is 0 Å². The van der Waals surface area contributed by atoms with Crippen molar-refractivity contribution in [3.05, 3.63) is 24.2 Å². The molecule has 0 aliphatic heterocycles. The molecule has 1 aliphatic carbocycles. The molecule has 0 aromatic carbocycles. The number of halogens is 1. The molecule has 0 amide bonds. The zero-order valence-electron chi connectivity index (χ0n) is 6.90. The van der Waals surface area contributed by atoms with Gasteiger partial charge in [0.2, 0.25) is 0 Å². The van der Waals surface area contributed by atoms with Gasteiger partial charge in [-0.1, -0.05) is 6.42 Å². The van der Waals surface area contributed by atoms with Crippen molar-refractivity contribution in [2.24, 2.45) is 11.7 Å². The third kappa shape index (κ3) is 1.65. The highest BCUT2D eigenvalue weighted by atomic mass is 35.5. The smallest absolute Gasteiger partial charge is 0.120 e. The largest absolute Gasteiger partial charge is 0.468 e. The lowest BCUT2D eigenvalue weighted by atomic mass is 9.79. The van der Waals surface area contributed by atoms with Gasteiger partial charge < -0.3 is 10.2 Å². The zero-order valence-corrected chi connectivity index (χ0v) is 7.72. The van der Waals surface area contributed by atoms with Crippen molar-refractivity contribution < 1.29 is 4.42 Å². The summed E-state index contributed by atoms with van der Waals surface area (Å²) in [7, 11) is 0. The van der Waals surface area contributed by atoms with Crippen LogP contribution in [0.15, 0.2) is 22.8 Å². The van der Waals surface area contributed by atoms with Gasteiger partial charge in [-0.25, -0.2) is 0 Å². The van der Waals surface area contributed by atoms with Gasteiger partial charge in [0.25, 0.3) is 0 Å². The summed E-state index contributed by atoms with van der Waals surface area (Å²) in [6.07, 6.45) is 5.55. The summed E-state index contributed by atoms with van der Waals surface area (Å²) in [5, 5.41) is 0. The first-order valence-corrected chi connectivity index (χ1v) is 4.17. The first kappa shape index (κ1) is 9.62. The Labute approximate surface area is 78.5 Å². The Morgan fingerprint density at radius 2 is 2.25 bits per heavy atom. The van der Waals surface area contributed by atoms with Crippen molar-refractivity contribution >= 4 is 12.4 Å². The van der Waals surface area contributed by atoms with Gasteiger partial charge in [-0.2, -0.15) is 0 Å². The molecule has 1 atom stereocenters. The van der Waals surface area contributed by atoms with Gasteiger partial charge in [-0.3, -0.25) is 0 Å². The van der Waals surface area contributed by atoms with Crippen molar-refractivity contribution in [1.29, 1.82) is 0 Å². The molecule has 0 saturated heterocycles. The highest BCUT2D eigenvalue weighted by Crippen LogP contribution is 2.35. The van der Waals surface area contributed by atoms with E-state index in [2.05, 4.69) is 0 Å². The monoisotopic (exact) mass is 187 g/mol. The van der Waals surface area contributed by atoms with E-state index in [9.17, 15) is 0 Å². The first-order valence-electron chi connectivity index (χ1n) is 4.17. The van der Waals surface area contributed by atoms with Crippen LogP contribution in [0.3, 0.4) is 0 Å². The van der Waals surface area contributed by atoms with Crippen molar-refractivity contribution in [2.75, 3.05) is 0 Å². The Bertz CT molecular complexity index is 218. The molecular weight excluding hydrogens is 174 g/mol. The molecule has 0 unspecified atom stereocenters. The number of hydrogen-bond donors (Lipinski definition) is 1. The van der Waals surface area contributed by atoms with Crippen LogP contribution >= 0.6 is 12.4 Å². The van der Waals surface area contributed by atoms with E-state index < -0.39 is 0 Å². The Morgan fingerprint density at radius 1 is 1.50 bits per heavy atom. The summed E-state index contributed by atoms with van der Waals surface area (Å²) in [5.41, 5.74) is 5.95. The van der Waals surface area contributed by atoms with E-state index in [1.807, 2.05) is 12.1 Å². The molecule has 1 heterocycles. The van der Waals surface area contributed by atoms with E-state index in [4.69, 9.17) is 10.2 Å². The van der Waals surface area contributed by atoms with Gasteiger partial charge in [-0.05, 0) is 30.9 Å². The molecule has 3 heteroatoms. The van der Waals surface area contributed by atoms with E-state index in [1.54, 1.807) is 6.26 Å². The average molecular weight is 188 g/mol. The second-order valence-electron chi connectivity index (χ2n) is 3.23. The number of furan rings is 1. The lowest BCUT2D eigenvalue weighted by molar-refractivity contribution is 0.241. The minimum absolute atomic E-state index is 0. The highest BCUT2D eigenvalue weighted by Gasteiger charge is 2.26. The van der Waals surface area contributed by atoms with Gasteiger partial charge >= 0.3 is 0 Å². The van der Waals surface area contributed by atoms with Crippen LogP contribution in [-0.2, 0) is 0 Å². The molecule has 1 aliphatic rings. The molecule has 2 nitrogen and oxygen atoms in total. The van der Waals surface area contributed by atoms with Crippen LogP contribution in [0.2, 0.25) is 0 Å². The van der Waals surface area contributed by atoms with E-state index in [0.717, 1.165) is 5.76 Å². The molecular formula is C9H14ClNO. The fraction of sp³-hybridized carbons (Fsp3) is 0.556. The summed E-state index contributed by atoms with van der Waals surface area (Å²) in [4.78, 5) is 0. The van der Waals surface area contributed by atoms with Gasteiger partial charge in [0.05, 0.1) is 12.3 Å². The Kier molecular flexibility index (Phi) is 3.18. The molecule has 1 aromatic heterocycles. The number of rotatable bonds is 2. The van der Waals surface area contributed by atoms with Crippen LogP contribution in [0, 0.1) is 5.92 Å². The highest BCUT2D eigenvalue weighted by molar-refractivity contribution is 5.85. The van der Waals surface area contributed by atoms with Gasteiger partial charge in [0.15, 0.2) is 0 Å². The summed E-state index contributed by atoms with van der Waals surface area (Å²) in [6, 6.07) is 4.00.